The summed E-state index contributed by atoms with van der Waals surface area (Å²) >= 11 is 3.60. The summed E-state index contributed by atoms with van der Waals surface area (Å²) in [5.74, 6) is 1.79. The average Bonchev–Trinajstić information content (AvgIpc) is 3.53. The molecule has 0 bridgehead atoms. The van der Waals surface area contributed by atoms with Crippen LogP contribution in [0.25, 0.3) is 17.2 Å². The van der Waals surface area contributed by atoms with Crippen molar-refractivity contribution in [3.05, 3.63) is 58.2 Å². The number of benzene rings is 1. The standard InChI is InChI=1S/C22H25BrN8O/c1-3-5-7-20-24-22(18(32)6-4-2)27-30(20)14-15-8-10-16(11-9-15)31-17(12-13-19(31)23)21-25-28-29-26-21/h8-13H,3-7,14H2,1-2H3,(H,25,26,28,29). The summed E-state index contributed by atoms with van der Waals surface area (Å²) in [6, 6.07) is 12.1. The molecular weight excluding hydrogens is 472 g/mol. The molecule has 0 saturated carbocycles. The van der Waals surface area contributed by atoms with Gasteiger partial charge in [0.2, 0.25) is 11.6 Å². The molecule has 0 aliphatic heterocycles. The number of carbonyl (C=O) groups is 1. The number of rotatable bonds is 10. The maximum atomic E-state index is 12.3. The van der Waals surface area contributed by atoms with Crippen molar-refractivity contribution >= 4 is 21.7 Å². The third-order valence-corrected chi connectivity index (χ3v) is 5.80. The minimum Gasteiger partial charge on any atom is -0.301 e. The molecular formula is C22H25BrN8O. The van der Waals surface area contributed by atoms with Crippen molar-refractivity contribution < 1.29 is 4.79 Å². The third-order valence-electron chi connectivity index (χ3n) is 5.18. The summed E-state index contributed by atoms with van der Waals surface area (Å²) in [4.78, 5) is 16.9. The maximum Gasteiger partial charge on any atom is 0.217 e. The van der Waals surface area contributed by atoms with Gasteiger partial charge in [-0.1, -0.05) is 32.4 Å². The summed E-state index contributed by atoms with van der Waals surface area (Å²) in [5.41, 5.74) is 2.91. The number of Topliss-reactive ketones (excluding diaryl/α,β-unsaturated/α-hetero) is 1. The van der Waals surface area contributed by atoms with Gasteiger partial charge in [0, 0.05) is 18.5 Å². The molecule has 4 aromatic rings. The fourth-order valence-corrected chi connectivity index (χ4v) is 4.06. The van der Waals surface area contributed by atoms with E-state index in [4.69, 9.17) is 0 Å². The number of aromatic amines is 1. The third kappa shape index (κ3) is 4.69. The lowest BCUT2D eigenvalue weighted by Gasteiger charge is -2.11. The van der Waals surface area contributed by atoms with Gasteiger partial charge < -0.3 is 4.57 Å². The van der Waals surface area contributed by atoms with Crippen molar-refractivity contribution in [2.24, 2.45) is 0 Å². The van der Waals surface area contributed by atoms with Gasteiger partial charge in [-0.15, -0.1) is 10.2 Å². The number of aryl methyl sites for hydroxylation is 1. The molecule has 0 aliphatic carbocycles. The number of hydrogen-bond donors (Lipinski definition) is 1. The molecule has 0 unspecified atom stereocenters. The normalized spacial score (nSPS) is 11.2. The highest BCUT2D eigenvalue weighted by Crippen LogP contribution is 2.27. The van der Waals surface area contributed by atoms with Crippen molar-refractivity contribution in [3.63, 3.8) is 0 Å². The fourth-order valence-electron chi connectivity index (χ4n) is 3.53. The Labute approximate surface area is 194 Å². The molecule has 0 amide bonds. The lowest BCUT2D eigenvalue weighted by molar-refractivity contribution is 0.0971. The second-order valence-corrected chi connectivity index (χ2v) is 8.39. The number of nitrogens with one attached hydrogen (secondary N) is 1. The Balaban J connectivity index is 1.59. The topological polar surface area (TPSA) is 107 Å². The van der Waals surface area contributed by atoms with Gasteiger partial charge in [0.1, 0.15) is 5.82 Å². The van der Waals surface area contributed by atoms with E-state index in [1.165, 1.54) is 0 Å². The molecule has 0 spiro atoms. The molecule has 0 radical (unpaired) electrons. The zero-order valence-electron chi connectivity index (χ0n) is 18.1. The fraction of sp³-hybridized carbons (Fsp3) is 0.364. The van der Waals surface area contributed by atoms with Crippen molar-refractivity contribution in [1.29, 1.82) is 0 Å². The van der Waals surface area contributed by atoms with Crippen LogP contribution in [-0.4, -0.2) is 45.7 Å². The van der Waals surface area contributed by atoms with Crippen molar-refractivity contribution in [1.82, 2.24) is 40.0 Å². The van der Waals surface area contributed by atoms with Gasteiger partial charge in [-0.2, -0.15) is 0 Å². The summed E-state index contributed by atoms with van der Waals surface area (Å²) < 4.78 is 4.79. The predicted octanol–water partition coefficient (Wildman–Crippen LogP) is 4.39. The van der Waals surface area contributed by atoms with Crippen LogP contribution in [0, 0.1) is 0 Å². The van der Waals surface area contributed by atoms with Crippen LogP contribution in [0.2, 0.25) is 0 Å². The van der Waals surface area contributed by atoms with E-state index in [-0.39, 0.29) is 5.78 Å². The molecule has 3 aromatic heterocycles. The van der Waals surface area contributed by atoms with E-state index in [1.807, 2.05) is 40.4 Å². The Morgan fingerprint density at radius 3 is 2.59 bits per heavy atom. The number of H-pyrrole nitrogens is 1. The predicted molar refractivity (Wildman–Crippen MR) is 124 cm³/mol. The number of halogens is 1. The highest BCUT2D eigenvalue weighted by atomic mass is 79.9. The number of nitrogens with zero attached hydrogens (tertiary/aromatic N) is 7. The summed E-state index contributed by atoms with van der Waals surface area (Å²) in [6.07, 6.45) is 4.15. The molecule has 0 aliphatic rings. The second-order valence-electron chi connectivity index (χ2n) is 7.58. The van der Waals surface area contributed by atoms with Crippen LogP contribution in [0.4, 0.5) is 0 Å². The lowest BCUT2D eigenvalue weighted by atomic mass is 10.2. The van der Waals surface area contributed by atoms with E-state index >= 15 is 0 Å². The molecule has 0 saturated heterocycles. The largest absolute Gasteiger partial charge is 0.301 e. The van der Waals surface area contributed by atoms with E-state index in [1.54, 1.807) is 0 Å². The van der Waals surface area contributed by atoms with Gasteiger partial charge in [0.15, 0.2) is 5.82 Å². The summed E-state index contributed by atoms with van der Waals surface area (Å²) in [5, 5.41) is 18.7. The molecule has 10 heteroatoms. The molecule has 4 rings (SSSR count). The zero-order chi connectivity index (χ0) is 22.5. The molecule has 3 heterocycles. The molecule has 1 N–H and O–H groups in total. The van der Waals surface area contributed by atoms with Gasteiger partial charge in [-0.3, -0.25) is 4.79 Å². The molecule has 0 fully saturated rings. The molecule has 32 heavy (non-hydrogen) atoms. The van der Waals surface area contributed by atoms with Crippen molar-refractivity contribution in [2.75, 3.05) is 0 Å². The van der Waals surface area contributed by atoms with E-state index in [0.29, 0.717) is 24.6 Å². The van der Waals surface area contributed by atoms with Crippen LogP contribution in [0.3, 0.4) is 0 Å². The first-order valence-electron chi connectivity index (χ1n) is 10.8. The van der Waals surface area contributed by atoms with E-state index in [2.05, 4.69) is 65.7 Å². The number of unbranched alkanes of at least 4 members (excludes halogenated alkanes) is 1. The van der Waals surface area contributed by atoms with Gasteiger partial charge >= 0.3 is 0 Å². The van der Waals surface area contributed by atoms with Crippen LogP contribution < -0.4 is 0 Å². The summed E-state index contributed by atoms with van der Waals surface area (Å²) in [6.45, 7) is 4.70. The van der Waals surface area contributed by atoms with Gasteiger partial charge in [-0.25, -0.2) is 14.8 Å². The minimum atomic E-state index is 0.00578. The van der Waals surface area contributed by atoms with Gasteiger partial charge in [0.05, 0.1) is 16.8 Å². The first kappa shape index (κ1) is 22.1. The van der Waals surface area contributed by atoms with Crippen LogP contribution in [-0.2, 0) is 13.0 Å². The average molecular weight is 497 g/mol. The number of hydrogen-bond acceptors (Lipinski definition) is 6. The van der Waals surface area contributed by atoms with Gasteiger partial charge in [-0.05, 0) is 69.0 Å². The SMILES string of the molecule is CCCCc1nc(C(=O)CCC)nn1Cc1ccc(-n2c(Br)ccc2-c2nnn[nH]2)cc1. The molecule has 166 valence electrons. The van der Waals surface area contributed by atoms with Crippen LogP contribution in [0.5, 0.6) is 0 Å². The Bertz CT molecular complexity index is 1180. The minimum absolute atomic E-state index is 0.00578. The van der Waals surface area contributed by atoms with E-state index < -0.39 is 0 Å². The van der Waals surface area contributed by atoms with Crippen LogP contribution >= 0.6 is 15.9 Å². The second kappa shape index (κ2) is 9.99. The number of ketones is 1. The Hall–Kier alpha value is -3.14. The Kier molecular flexibility index (Phi) is 6.89. The maximum absolute atomic E-state index is 12.3. The summed E-state index contributed by atoms with van der Waals surface area (Å²) in [7, 11) is 0. The van der Waals surface area contributed by atoms with E-state index in [9.17, 15) is 4.79 Å². The molecule has 1 aromatic carbocycles. The highest BCUT2D eigenvalue weighted by molar-refractivity contribution is 9.10. The lowest BCUT2D eigenvalue weighted by Crippen LogP contribution is -2.08. The zero-order valence-corrected chi connectivity index (χ0v) is 19.7. The smallest absolute Gasteiger partial charge is 0.217 e. The van der Waals surface area contributed by atoms with E-state index in [0.717, 1.165) is 53.1 Å². The molecule has 9 nitrogen and oxygen atoms in total. The van der Waals surface area contributed by atoms with Crippen LogP contribution in [0.1, 0.15) is 61.5 Å². The monoisotopic (exact) mass is 496 g/mol. The van der Waals surface area contributed by atoms with Gasteiger partial charge in [0.25, 0.3) is 0 Å². The molecule has 0 atom stereocenters. The highest BCUT2D eigenvalue weighted by Gasteiger charge is 2.17. The Morgan fingerprint density at radius 2 is 1.91 bits per heavy atom. The Morgan fingerprint density at radius 1 is 1.09 bits per heavy atom. The number of aromatic nitrogens is 8. The van der Waals surface area contributed by atoms with Crippen molar-refractivity contribution in [2.45, 2.75) is 52.5 Å². The quantitative estimate of drug-likeness (QED) is 0.326. The number of tetrazole rings is 1. The number of carbonyl (C=O) groups excluding carboxylic acids is 1. The first-order chi connectivity index (χ1) is 15.6. The van der Waals surface area contributed by atoms with Crippen molar-refractivity contribution in [3.8, 4) is 17.2 Å². The van der Waals surface area contributed by atoms with Crippen LogP contribution in [0.15, 0.2) is 41.0 Å². The first-order valence-corrected chi connectivity index (χ1v) is 11.6.